The molecule has 3 atom stereocenters. The highest BCUT2D eigenvalue weighted by Crippen LogP contribution is 2.46. The van der Waals surface area contributed by atoms with Crippen molar-refractivity contribution in [2.24, 2.45) is 0 Å². The van der Waals surface area contributed by atoms with Gasteiger partial charge in [-0.25, -0.2) is 0 Å². The lowest BCUT2D eigenvalue weighted by atomic mass is 9.83. The number of hydrogen-bond donors (Lipinski definition) is 1. The summed E-state index contributed by atoms with van der Waals surface area (Å²) in [6, 6.07) is 7.21. The van der Waals surface area contributed by atoms with Crippen LogP contribution in [0.2, 0.25) is 0 Å². The van der Waals surface area contributed by atoms with Gasteiger partial charge in [-0.05, 0) is 30.4 Å². The van der Waals surface area contributed by atoms with E-state index in [2.05, 4.69) is 0 Å². The molecular weight excluding hydrogens is 289 g/mol. The maximum absolute atomic E-state index is 12.8. The van der Waals surface area contributed by atoms with Gasteiger partial charge in [0.25, 0.3) is 0 Å². The number of aliphatic hydroxyl groups is 1. The van der Waals surface area contributed by atoms with E-state index in [0.29, 0.717) is 6.42 Å². The Labute approximate surface area is 119 Å². The fourth-order valence-corrected chi connectivity index (χ4v) is 3.81. The van der Waals surface area contributed by atoms with Crippen LogP contribution in [-0.2, 0) is 4.79 Å². The molecule has 0 radical (unpaired) electrons. The van der Waals surface area contributed by atoms with Gasteiger partial charge in [0.15, 0.2) is 6.29 Å². The number of hydrogen-bond acceptors (Lipinski definition) is 3. The van der Waals surface area contributed by atoms with Crippen LogP contribution in [-0.4, -0.2) is 28.4 Å². The molecule has 0 aromatic heterocycles. The predicted octanol–water partition coefficient (Wildman–Crippen LogP) is 3.54. The van der Waals surface area contributed by atoms with E-state index >= 15 is 0 Å². The smallest absolute Gasteiger partial charge is 0.374 e. The summed E-state index contributed by atoms with van der Waals surface area (Å²) in [5.74, 6) is -0.473. The summed E-state index contributed by atoms with van der Waals surface area (Å²) in [6.45, 7) is 1.93. The molecule has 1 N–H and O–H groups in total. The average Bonchev–Trinajstić information content (AvgIpc) is 2.37. The molecule has 0 fully saturated rings. The van der Waals surface area contributed by atoms with Crippen LogP contribution < -0.4 is 0 Å². The SMILES string of the molecule is CC1CC(CC(O)(C=O)C(F)(F)F)c2ccccc2S1. The first kappa shape index (κ1) is 15.4. The monoisotopic (exact) mass is 304 g/mol. The number of fused-ring (bicyclic) bond motifs is 1. The van der Waals surface area contributed by atoms with Gasteiger partial charge in [0.05, 0.1) is 0 Å². The Morgan fingerprint density at radius 3 is 2.65 bits per heavy atom. The van der Waals surface area contributed by atoms with Crippen molar-refractivity contribution in [3.05, 3.63) is 29.8 Å². The fourth-order valence-electron chi connectivity index (χ4n) is 2.52. The van der Waals surface area contributed by atoms with Crippen molar-refractivity contribution in [1.82, 2.24) is 0 Å². The van der Waals surface area contributed by atoms with Crippen LogP contribution in [0.5, 0.6) is 0 Å². The summed E-state index contributed by atoms with van der Waals surface area (Å²) in [4.78, 5) is 11.7. The van der Waals surface area contributed by atoms with E-state index < -0.39 is 24.1 Å². The van der Waals surface area contributed by atoms with Gasteiger partial charge < -0.3 is 5.11 Å². The quantitative estimate of drug-likeness (QED) is 0.868. The molecule has 3 unspecified atom stereocenters. The summed E-state index contributed by atoms with van der Waals surface area (Å²) < 4.78 is 38.5. The minimum Gasteiger partial charge on any atom is -0.374 e. The van der Waals surface area contributed by atoms with Gasteiger partial charge in [-0.15, -0.1) is 11.8 Å². The minimum atomic E-state index is -4.95. The maximum atomic E-state index is 12.8. The Kier molecular flexibility index (Phi) is 4.16. The van der Waals surface area contributed by atoms with E-state index in [1.54, 1.807) is 23.9 Å². The van der Waals surface area contributed by atoms with Gasteiger partial charge in [0, 0.05) is 10.1 Å². The molecule has 0 spiro atoms. The molecule has 1 aliphatic heterocycles. The number of rotatable bonds is 3. The van der Waals surface area contributed by atoms with Crippen molar-refractivity contribution in [2.75, 3.05) is 0 Å². The number of benzene rings is 1. The van der Waals surface area contributed by atoms with E-state index in [4.69, 9.17) is 0 Å². The first-order chi connectivity index (χ1) is 9.27. The predicted molar refractivity (Wildman–Crippen MR) is 70.8 cm³/mol. The lowest BCUT2D eigenvalue weighted by Gasteiger charge is -2.34. The fraction of sp³-hybridized carbons (Fsp3) is 0.500. The normalized spacial score (nSPS) is 25.6. The van der Waals surface area contributed by atoms with Crippen LogP contribution >= 0.6 is 11.8 Å². The van der Waals surface area contributed by atoms with Crippen LogP contribution in [0.15, 0.2) is 29.2 Å². The molecule has 110 valence electrons. The number of carbonyl (C=O) groups is 1. The molecule has 6 heteroatoms. The molecule has 0 bridgehead atoms. The molecule has 1 heterocycles. The van der Waals surface area contributed by atoms with E-state index in [9.17, 15) is 23.1 Å². The van der Waals surface area contributed by atoms with Crippen LogP contribution in [0, 0.1) is 0 Å². The molecule has 1 aromatic rings. The molecule has 0 amide bonds. The third kappa shape index (κ3) is 2.86. The summed E-state index contributed by atoms with van der Waals surface area (Å²) in [5, 5.41) is 9.77. The second-order valence-electron chi connectivity index (χ2n) is 5.14. The van der Waals surface area contributed by atoms with Crippen LogP contribution in [0.25, 0.3) is 0 Å². The van der Waals surface area contributed by atoms with Gasteiger partial charge in [0.1, 0.15) is 0 Å². The van der Waals surface area contributed by atoms with Crippen LogP contribution in [0.1, 0.15) is 31.2 Å². The minimum absolute atomic E-state index is 0.152. The third-order valence-corrected chi connectivity index (χ3v) is 4.77. The zero-order valence-electron chi connectivity index (χ0n) is 10.9. The zero-order valence-corrected chi connectivity index (χ0v) is 11.7. The summed E-state index contributed by atoms with van der Waals surface area (Å²) in [6.07, 6.45) is -5.45. The number of alkyl halides is 3. The Morgan fingerprint density at radius 2 is 2.05 bits per heavy atom. The number of halogens is 3. The van der Waals surface area contributed by atoms with Crippen molar-refractivity contribution < 1.29 is 23.1 Å². The third-order valence-electron chi connectivity index (χ3n) is 3.55. The summed E-state index contributed by atoms with van der Waals surface area (Å²) in [7, 11) is 0. The average molecular weight is 304 g/mol. The molecular formula is C14H15F3O2S. The topological polar surface area (TPSA) is 37.3 Å². The van der Waals surface area contributed by atoms with Crippen LogP contribution in [0.3, 0.4) is 0 Å². The van der Waals surface area contributed by atoms with Crippen molar-refractivity contribution in [3.63, 3.8) is 0 Å². The lowest BCUT2D eigenvalue weighted by molar-refractivity contribution is -0.248. The number of thioether (sulfide) groups is 1. The van der Waals surface area contributed by atoms with E-state index in [1.165, 1.54) is 0 Å². The molecule has 0 aliphatic carbocycles. The molecule has 0 saturated heterocycles. The van der Waals surface area contributed by atoms with E-state index in [1.807, 2.05) is 19.1 Å². The highest BCUT2D eigenvalue weighted by atomic mass is 32.2. The Morgan fingerprint density at radius 1 is 1.40 bits per heavy atom. The van der Waals surface area contributed by atoms with Crippen molar-refractivity contribution in [1.29, 1.82) is 0 Å². The standard InChI is InChI=1S/C14H15F3O2S/c1-9-6-10(7-13(19,8-18)14(15,16)17)11-4-2-3-5-12(11)20-9/h2-5,8-10,19H,6-7H2,1H3. The Bertz CT molecular complexity index is 503. The van der Waals surface area contributed by atoms with Crippen molar-refractivity contribution >= 4 is 18.0 Å². The second-order valence-corrected chi connectivity index (χ2v) is 6.62. The molecule has 2 nitrogen and oxygen atoms in total. The summed E-state index contributed by atoms with van der Waals surface area (Å²) in [5.41, 5.74) is -2.49. The van der Waals surface area contributed by atoms with Crippen molar-refractivity contribution in [2.45, 2.75) is 47.6 Å². The van der Waals surface area contributed by atoms with Gasteiger partial charge in [-0.1, -0.05) is 25.1 Å². The van der Waals surface area contributed by atoms with E-state index in [-0.39, 0.29) is 11.5 Å². The molecule has 1 aliphatic rings. The highest BCUT2D eigenvalue weighted by Gasteiger charge is 2.55. The summed E-state index contributed by atoms with van der Waals surface area (Å²) >= 11 is 1.61. The molecule has 0 saturated carbocycles. The first-order valence-electron chi connectivity index (χ1n) is 6.28. The Hall–Kier alpha value is -1.01. The van der Waals surface area contributed by atoms with Gasteiger partial charge in [-0.2, -0.15) is 13.2 Å². The van der Waals surface area contributed by atoms with Crippen molar-refractivity contribution in [3.8, 4) is 0 Å². The molecule has 20 heavy (non-hydrogen) atoms. The lowest BCUT2D eigenvalue weighted by Crippen LogP contribution is -2.48. The van der Waals surface area contributed by atoms with Gasteiger partial charge >= 0.3 is 6.18 Å². The Balaban J connectivity index is 2.32. The molecule has 1 aromatic carbocycles. The highest BCUT2D eigenvalue weighted by molar-refractivity contribution is 8.00. The first-order valence-corrected chi connectivity index (χ1v) is 7.16. The van der Waals surface area contributed by atoms with Gasteiger partial charge in [-0.3, -0.25) is 4.79 Å². The number of carbonyl (C=O) groups excluding carboxylic acids is 1. The second kappa shape index (κ2) is 5.41. The maximum Gasteiger partial charge on any atom is 0.424 e. The van der Waals surface area contributed by atoms with E-state index in [0.717, 1.165) is 10.5 Å². The number of aldehydes is 1. The zero-order chi connectivity index (χ0) is 15.0. The van der Waals surface area contributed by atoms with Gasteiger partial charge in [0.2, 0.25) is 5.60 Å². The van der Waals surface area contributed by atoms with Crippen LogP contribution in [0.4, 0.5) is 13.2 Å². The molecule has 2 rings (SSSR count). The largest absolute Gasteiger partial charge is 0.424 e.